The van der Waals surface area contributed by atoms with Crippen molar-refractivity contribution in [2.24, 2.45) is 0 Å². The van der Waals surface area contributed by atoms with Crippen LogP contribution in [0.3, 0.4) is 0 Å². The fourth-order valence-electron chi connectivity index (χ4n) is 4.51. The summed E-state index contributed by atoms with van der Waals surface area (Å²) in [6, 6.07) is 12.1. The fourth-order valence-corrected chi connectivity index (χ4v) is 4.51. The minimum atomic E-state index is -0.149. The summed E-state index contributed by atoms with van der Waals surface area (Å²) in [6.45, 7) is 4.01. The summed E-state index contributed by atoms with van der Waals surface area (Å²) in [5.74, 6) is 0.704. The molecule has 2 aromatic carbocycles. The highest BCUT2D eigenvalue weighted by molar-refractivity contribution is 6.04. The van der Waals surface area contributed by atoms with Crippen LogP contribution in [0, 0.1) is 6.92 Å². The molecule has 4 heteroatoms. The molecule has 0 fully saturated rings. The average molecular weight is 363 g/mol. The van der Waals surface area contributed by atoms with Crippen LogP contribution in [0.1, 0.15) is 70.8 Å². The maximum atomic E-state index is 12.5. The van der Waals surface area contributed by atoms with Crippen LogP contribution in [0.25, 0.3) is 0 Å². The number of amides is 1. The van der Waals surface area contributed by atoms with Crippen LogP contribution in [0.15, 0.2) is 36.4 Å². The van der Waals surface area contributed by atoms with Crippen LogP contribution < -0.4 is 10.1 Å². The molecule has 0 radical (unpaired) electrons. The molecule has 0 unspecified atom stereocenters. The van der Waals surface area contributed by atoms with Crippen molar-refractivity contribution in [1.29, 1.82) is 0 Å². The second-order valence-electron chi connectivity index (χ2n) is 7.70. The van der Waals surface area contributed by atoms with Gasteiger partial charge in [0.1, 0.15) is 5.75 Å². The first kappa shape index (κ1) is 17.8. The van der Waals surface area contributed by atoms with Crippen LogP contribution in [-0.2, 0) is 11.2 Å². The normalized spacial score (nSPS) is 20.7. The number of Topliss-reactive ketones (excluding diaryl/α,β-unsaturated/α-hetero) is 1. The van der Waals surface area contributed by atoms with Crippen molar-refractivity contribution in [3.05, 3.63) is 64.2 Å². The summed E-state index contributed by atoms with van der Waals surface area (Å²) in [5.41, 5.74) is 5.36. The molecule has 0 bridgehead atoms. The van der Waals surface area contributed by atoms with E-state index < -0.39 is 0 Å². The van der Waals surface area contributed by atoms with Crippen molar-refractivity contribution in [2.75, 3.05) is 6.61 Å². The number of rotatable bonds is 4. The van der Waals surface area contributed by atoms with E-state index in [0.29, 0.717) is 17.7 Å². The average Bonchev–Trinajstić information content (AvgIpc) is 2.97. The van der Waals surface area contributed by atoms with Gasteiger partial charge in [0.05, 0.1) is 11.6 Å². The number of fused-ring (bicyclic) bond motifs is 2. The third-order valence-electron chi connectivity index (χ3n) is 5.75. The molecule has 0 aliphatic heterocycles. The van der Waals surface area contributed by atoms with Gasteiger partial charge in [-0.3, -0.25) is 9.59 Å². The lowest BCUT2D eigenvalue weighted by Gasteiger charge is -2.26. The Morgan fingerprint density at radius 2 is 2.04 bits per heavy atom. The largest absolute Gasteiger partial charge is 0.483 e. The SMILES string of the molecule is Cc1ccc(OCC(=O)N[C@H]2CCCc3ccccc32)c2c1[C@H](C)CC2=O. The maximum Gasteiger partial charge on any atom is 0.258 e. The number of hydrogen-bond donors (Lipinski definition) is 1. The lowest BCUT2D eigenvalue weighted by atomic mass is 9.88. The van der Waals surface area contributed by atoms with Gasteiger partial charge >= 0.3 is 0 Å². The molecule has 0 heterocycles. The topological polar surface area (TPSA) is 55.4 Å². The smallest absolute Gasteiger partial charge is 0.258 e. The van der Waals surface area contributed by atoms with Gasteiger partial charge in [0.2, 0.25) is 0 Å². The van der Waals surface area contributed by atoms with Gasteiger partial charge in [0.25, 0.3) is 5.91 Å². The van der Waals surface area contributed by atoms with Gasteiger partial charge in [-0.25, -0.2) is 0 Å². The number of carbonyl (C=O) groups is 2. The maximum absolute atomic E-state index is 12.5. The first-order chi connectivity index (χ1) is 13.0. The predicted molar refractivity (Wildman–Crippen MR) is 104 cm³/mol. The summed E-state index contributed by atoms with van der Waals surface area (Å²) in [4.78, 5) is 24.9. The third kappa shape index (κ3) is 3.36. The fraction of sp³-hybridized carbons (Fsp3) is 0.391. The molecule has 4 rings (SSSR count). The monoisotopic (exact) mass is 363 g/mol. The van der Waals surface area contributed by atoms with Crippen molar-refractivity contribution in [1.82, 2.24) is 5.32 Å². The standard InChI is InChI=1S/C23H25NO3/c1-14-10-11-20(23-19(25)12-15(2)22(14)23)27-13-21(26)24-18-9-5-7-16-6-3-4-8-17(16)18/h3-4,6,8,10-11,15,18H,5,7,9,12-13H2,1-2H3,(H,24,26)/t15-,18+/m1/s1. The minimum absolute atomic E-state index is 0.0384. The molecule has 27 heavy (non-hydrogen) atoms. The van der Waals surface area contributed by atoms with Gasteiger partial charge in [0, 0.05) is 6.42 Å². The molecule has 140 valence electrons. The lowest BCUT2D eigenvalue weighted by Crippen LogP contribution is -2.34. The molecule has 2 aliphatic carbocycles. The Morgan fingerprint density at radius 3 is 2.89 bits per heavy atom. The summed E-state index contributed by atoms with van der Waals surface area (Å²) < 4.78 is 5.78. The molecule has 2 aromatic rings. The molecular formula is C23H25NO3. The summed E-state index contributed by atoms with van der Waals surface area (Å²) in [5, 5.41) is 3.10. The van der Waals surface area contributed by atoms with Crippen LogP contribution in [0.4, 0.5) is 0 Å². The second kappa shape index (κ2) is 7.18. The lowest BCUT2D eigenvalue weighted by molar-refractivity contribution is -0.124. The Morgan fingerprint density at radius 1 is 1.22 bits per heavy atom. The quantitative estimate of drug-likeness (QED) is 0.883. The Hall–Kier alpha value is -2.62. The molecule has 2 aliphatic rings. The zero-order chi connectivity index (χ0) is 19.0. The van der Waals surface area contributed by atoms with Crippen LogP contribution in [0.2, 0.25) is 0 Å². The van der Waals surface area contributed by atoms with Gasteiger partial charge < -0.3 is 10.1 Å². The van der Waals surface area contributed by atoms with Crippen LogP contribution in [0.5, 0.6) is 5.75 Å². The number of ether oxygens (including phenoxy) is 1. The first-order valence-corrected chi connectivity index (χ1v) is 9.71. The van der Waals surface area contributed by atoms with E-state index in [-0.39, 0.29) is 30.3 Å². The highest BCUT2D eigenvalue weighted by Gasteiger charge is 2.31. The van der Waals surface area contributed by atoms with E-state index in [1.165, 1.54) is 11.1 Å². The van der Waals surface area contributed by atoms with E-state index in [0.717, 1.165) is 30.4 Å². The van der Waals surface area contributed by atoms with Gasteiger partial charge in [0.15, 0.2) is 12.4 Å². The Labute approximate surface area is 159 Å². The minimum Gasteiger partial charge on any atom is -0.483 e. The molecule has 1 amide bonds. The van der Waals surface area contributed by atoms with Gasteiger partial charge in [-0.1, -0.05) is 37.3 Å². The number of ketones is 1. The third-order valence-corrected chi connectivity index (χ3v) is 5.75. The van der Waals surface area contributed by atoms with E-state index >= 15 is 0 Å². The van der Waals surface area contributed by atoms with E-state index in [9.17, 15) is 9.59 Å². The van der Waals surface area contributed by atoms with E-state index in [1.807, 2.05) is 31.2 Å². The number of carbonyl (C=O) groups excluding carboxylic acids is 2. The molecule has 0 saturated heterocycles. The molecule has 0 aromatic heterocycles. The Kier molecular flexibility index (Phi) is 4.73. The zero-order valence-electron chi connectivity index (χ0n) is 15.9. The Bertz CT molecular complexity index is 902. The summed E-state index contributed by atoms with van der Waals surface area (Å²) >= 11 is 0. The summed E-state index contributed by atoms with van der Waals surface area (Å²) in [6.07, 6.45) is 3.59. The van der Waals surface area contributed by atoms with Crippen molar-refractivity contribution < 1.29 is 14.3 Å². The van der Waals surface area contributed by atoms with Crippen LogP contribution in [-0.4, -0.2) is 18.3 Å². The predicted octanol–water partition coefficient (Wildman–Crippen LogP) is 4.26. The van der Waals surface area contributed by atoms with Crippen LogP contribution >= 0.6 is 0 Å². The molecular weight excluding hydrogens is 338 g/mol. The van der Waals surface area contributed by atoms with Crippen molar-refractivity contribution >= 4 is 11.7 Å². The number of aryl methyl sites for hydroxylation is 2. The van der Waals surface area contributed by atoms with E-state index in [4.69, 9.17) is 4.74 Å². The molecule has 0 saturated carbocycles. The van der Waals surface area contributed by atoms with E-state index in [2.05, 4.69) is 24.4 Å². The number of nitrogens with one attached hydrogen (secondary N) is 1. The molecule has 2 atom stereocenters. The van der Waals surface area contributed by atoms with Gasteiger partial charge in [-0.15, -0.1) is 0 Å². The van der Waals surface area contributed by atoms with E-state index in [1.54, 1.807) is 0 Å². The molecule has 0 spiro atoms. The zero-order valence-corrected chi connectivity index (χ0v) is 15.9. The molecule has 1 N–H and O–H groups in total. The highest BCUT2D eigenvalue weighted by Crippen LogP contribution is 2.40. The Balaban J connectivity index is 1.45. The molecule has 4 nitrogen and oxygen atoms in total. The van der Waals surface area contributed by atoms with Gasteiger partial charge in [-0.2, -0.15) is 0 Å². The highest BCUT2D eigenvalue weighted by atomic mass is 16.5. The van der Waals surface area contributed by atoms with Crippen molar-refractivity contribution in [2.45, 2.75) is 51.5 Å². The summed E-state index contributed by atoms with van der Waals surface area (Å²) in [7, 11) is 0. The van der Waals surface area contributed by atoms with Crippen molar-refractivity contribution in [3.8, 4) is 5.75 Å². The first-order valence-electron chi connectivity index (χ1n) is 9.71. The second-order valence-corrected chi connectivity index (χ2v) is 7.70. The number of benzene rings is 2. The van der Waals surface area contributed by atoms with Crippen molar-refractivity contribution in [3.63, 3.8) is 0 Å². The number of hydrogen-bond acceptors (Lipinski definition) is 3. The van der Waals surface area contributed by atoms with Gasteiger partial charge in [-0.05, 0) is 60.4 Å².